The molecule has 0 aliphatic carbocycles. The van der Waals surface area contributed by atoms with E-state index in [-0.39, 0.29) is 36.7 Å². The Morgan fingerprint density at radius 3 is 2.00 bits per heavy atom. The molecule has 0 fully saturated rings. The van der Waals surface area contributed by atoms with Crippen LogP contribution in [0, 0.1) is 5.92 Å². The van der Waals surface area contributed by atoms with Crippen LogP contribution in [0.4, 0.5) is 0 Å². The molecule has 9 N–H and O–H groups in total. The van der Waals surface area contributed by atoms with Gasteiger partial charge in [-0.3, -0.25) is 14.4 Å². The number of unbranched alkanes of at least 4 members (excludes halogenated alkanes) is 1. The second-order valence-electron chi connectivity index (χ2n) is 9.10. The maximum atomic E-state index is 13.0. The molecule has 0 bridgehead atoms. The van der Waals surface area contributed by atoms with Crippen LogP contribution in [0.15, 0.2) is 24.3 Å². The van der Waals surface area contributed by atoms with E-state index < -0.39 is 47.9 Å². The molecule has 0 heterocycles. The molecule has 12 heteroatoms. The van der Waals surface area contributed by atoms with Gasteiger partial charge in [0, 0.05) is 5.75 Å². The van der Waals surface area contributed by atoms with Crippen LogP contribution in [0.25, 0.3) is 0 Å². The van der Waals surface area contributed by atoms with Gasteiger partial charge in [-0.1, -0.05) is 26.0 Å². The van der Waals surface area contributed by atoms with Gasteiger partial charge in [-0.15, -0.1) is 0 Å². The third-order valence-electron chi connectivity index (χ3n) is 5.45. The van der Waals surface area contributed by atoms with E-state index >= 15 is 0 Å². The number of nitrogens with one attached hydrogen (secondary N) is 3. The standard InChI is InChI=1S/C24H39N5O6S/c1-14(2)11-19(24(34)35)28-23(33)20(13-36)29-22(32)18(5-3-4-10-25)27-21(31)17(26)12-15-6-8-16(30)9-7-15/h6-9,14,17-20,30,36H,3-5,10-13,25-26H2,1-2H3,(H,27,31)(H,28,33)(H,29,32)(H,34,35). The van der Waals surface area contributed by atoms with Gasteiger partial charge in [0.15, 0.2) is 0 Å². The number of phenols is 1. The summed E-state index contributed by atoms with van der Waals surface area (Å²) in [4.78, 5) is 49.9. The van der Waals surface area contributed by atoms with Gasteiger partial charge in [-0.05, 0) is 62.3 Å². The number of amides is 3. The maximum absolute atomic E-state index is 13.0. The van der Waals surface area contributed by atoms with E-state index in [4.69, 9.17) is 11.5 Å². The zero-order valence-electron chi connectivity index (χ0n) is 20.8. The van der Waals surface area contributed by atoms with Crippen molar-refractivity contribution in [3.63, 3.8) is 0 Å². The lowest BCUT2D eigenvalue weighted by Gasteiger charge is -2.25. The lowest BCUT2D eigenvalue weighted by atomic mass is 10.0. The van der Waals surface area contributed by atoms with E-state index in [9.17, 15) is 29.4 Å². The summed E-state index contributed by atoms with van der Waals surface area (Å²) in [7, 11) is 0. The number of hydrogen-bond acceptors (Lipinski definition) is 8. The van der Waals surface area contributed by atoms with Gasteiger partial charge in [-0.25, -0.2) is 4.79 Å². The molecule has 0 aromatic heterocycles. The summed E-state index contributed by atoms with van der Waals surface area (Å²) in [5, 5.41) is 26.4. The van der Waals surface area contributed by atoms with E-state index in [2.05, 4.69) is 28.6 Å². The van der Waals surface area contributed by atoms with Gasteiger partial charge in [0.25, 0.3) is 0 Å². The SMILES string of the molecule is CC(C)CC(NC(=O)C(CS)NC(=O)C(CCCCN)NC(=O)C(N)Cc1ccc(O)cc1)C(=O)O. The summed E-state index contributed by atoms with van der Waals surface area (Å²) in [5.41, 5.74) is 12.3. The average molecular weight is 526 g/mol. The molecule has 0 aliphatic rings. The van der Waals surface area contributed by atoms with E-state index in [1.54, 1.807) is 12.1 Å². The molecule has 0 aliphatic heterocycles. The summed E-state index contributed by atoms with van der Waals surface area (Å²) >= 11 is 4.13. The minimum absolute atomic E-state index is 0.0309. The first-order valence-corrected chi connectivity index (χ1v) is 12.6. The normalized spacial score (nSPS) is 14.4. The van der Waals surface area contributed by atoms with Crippen molar-refractivity contribution in [3.05, 3.63) is 29.8 Å². The minimum Gasteiger partial charge on any atom is -0.508 e. The highest BCUT2D eigenvalue weighted by molar-refractivity contribution is 7.80. The Morgan fingerprint density at radius 1 is 0.917 bits per heavy atom. The molecule has 3 amide bonds. The third-order valence-corrected chi connectivity index (χ3v) is 5.81. The molecule has 11 nitrogen and oxygen atoms in total. The first-order chi connectivity index (χ1) is 17.0. The molecule has 4 atom stereocenters. The summed E-state index contributed by atoms with van der Waals surface area (Å²) in [6.07, 6.45) is 1.87. The fourth-order valence-electron chi connectivity index (χ4n) is 3.45. The van der Waals surface area contributed by atoms with Crippen molar-refractivity contribution in [2.24, 2.45) is 17.4 Å². The highest BCUT2D eigenvalue weighted by atomic mass is 32.1. The fraction of sp³-hybridized carbons (Fsp3) is 0.583. The number of aromatic hydroxyl groups is 1. The number of benzene rings is 1. The number of hydrogen-bond donors (Lipinski definition) is 8. The third kappa shape index (κ3) is 11.3. The van der Waals surface area contributed by atoms with Crippen molar-refractivity contribution in [1.29, 1.82) is 0 Å². The minimum atomic E-state index is -1.17. The molecule has 0 spiro atoms. The highest BCUT2D eigenvalue weighted by Crippen LogP contribution is 2.11. The molecular weight excluding hydrogens is 486 g/mol. The highest BCUT2D eigenvalue weighted by Gasteiger charge is 2.30. The summed E-state index contributed by atoms with van der Waals surface area (Å²) in [5.74, 6) is -2.96. The van der Waals surface area contributed by atoms with Crippen molar-refractivity contribution < 1.29 is 29.4 Å². The first-order valence-electron chi connectivity index (χ1n) is 12.0. The van der Waals surface area contributed by atoms with Gasteiger partial charge in [0.05, 0.1) is 6.04 Å². The lowest BCUT2D eigenvalue weighted by Crippen LogP contribution is -2.57. The topological polar surface area (TPSA) is 197 Å². The van der Waals surface area contributed by atoms with Crippen LogP contribution in [0.1, 0.15) is 45.1 Å². The number of phenolic OH excluding ortho intramolecular Hbond substituents is 1. The molecule has 0 radical (unpaired) electrons. The van der Waals surface area contributed by atoms with Crippen LogP contribution < -0.4 is 27.4 Å². The van der Waals surface area contributed by atoms with Gasteiger partial charge in [0.1, 0.15) is 23.9 Å². The smallest absolute Gasteiger partial charge is 0.326 e. The van der Waals surface area contributed by atoms with Crippen molar-refractivity contribution >= 4 is 36.3 Å². The van der Waals surface area contributed by atoms with Crippen molar-refractivity contribution in [1.82, 2.24) is 16.0 Å². The molecule has 1 rings (SSSR count). The Kier molecular flexibility index (Phi) is 13.9. The van der Waals surface area contributed by atoms with Gasteiger partial charge in [0.2, 0.25) is 17.7 Å². The number of carbonyl (C=O) groups is 4. The zero-order chi connectivity index (χ0) is 27.3. The largest absolute Gasteiger partial charge is 0.508 e. The Labute approximate surface area is 217 Å². The Morgan fingerprint density at radius 2 is 1.47 bits per heavy atom. The Bertz CT molecular complexity index is 867. The molecular formula is C24H39N5O6S. The zero-order valence-corrected chi connectivity index (χ0v) is 21.7. The Hall–Kier alpha value is -2.83. The second kappa shape index (κ2) is 16.0. The van der Waals surface area contributed by atoms with Crippen LogP contribution in [0.5, 0.6) is 5.75 Å². The molecule has 36 heavy (non-hydrogen) atoms. The molecule has 202 valence electrons. The van der Waals surface area contributed by atoms with Crippen LogP contribution in [0.2, 0.25) is 0 Å². The second-order valence-corrected chi connectivity index (χ2v) is 9.46. The number of carbonyl (C=O) groups excluding carboxylic acids is 3. The molecule has 1 aromatic carbocycles. The van der Waals surface area contributed by atoms with E-state index in [0.717, 1.165) is 5.56 Å². The number of thiol groups is 1. The number of rotatable bonds is 16. The van der Waals surface area contributed by atoms with Crippen molar-refractivity contribution in [2.75, 3.05) is 12.3 Å². The maximum Gasteiger partial charge on any atom is 0.326 e. The summed E-state index contributed by atoms with van der Waals surface area (Å²) < 4.78 is 0. The first kappa shape index (κ1) is 31.2. The van der Waals surface area contributed by atoms with E-state index in [1.807, 2.05) is 13.8 Å². The van der Waals surface area contributed by atoms with Crippen LogP contribution >= 0.6 is 12.6 Å². The van der Waals surface area contributed by atoms with Crippen molar-refractivity contribution in [2.45, 2.75) is 70.1 Å². The van der Waals surface area contributed by atoms with E-state index in [1.165, 1.54) is 12.1 Å². The van der Waals surface area contributed by atoms with Crippen LogP contribution in [-0.4, -0.2) is 70.4 Å². The lowest BCUT2D eigenvalue weighted by molar-refractivity contribution is -0.142. The van der Waals surface area contributed by atoms with Crippen molar-refractivity contribution in [3.8, 4) is 5.75 Å². The monoisotopic (exact) mass is 525 g/mol. The molecule has 4 unspecified atom stereocenters. The van der Waals surface area contributed by atoms with E-state index in [0.29, 0.717) is 19.4 Å². The predicted molar refractivity (Wildman–Crippen MR) is 139 cm³/mol. The fourth-order valence-corrected chi connectivity index (χ4v) is 3.71. The molecule has 0 saturated carbocycles. The average Bonchev–Trinajstić information content (AvgIpc) is 2.82. The number of carboxylic acid groups (broad SMARTS) is 1. The number of aliphatic carboxylic acids is 1. The number of carboxylic acids is 1. The van der Waals surface area contributed by atoms with Crippen LogP contribution in [0.3, 0.4) is 0 Å². The summed E-state index contributed by atoms with van der Waals surface area (Å²) in [6, 6.07) is 2.14. The molecule has 0 saturated heterocycles. The van der Waals surface area contributed by atoms with Gasteiger partial charge >= 0.3 is 5.97 Å². The number of nitrogens with two attached hydrogens (primary N) is 2. The predicted octanol–water partition coefficient (Wildman–Crippen LogP) is -0.0941. The van der Waals surface area contributed by atoms with Gasteiger partial charge < -0.3 is 37.6 Å². The molecule has 1 aromatic rings. The van der Waals surface area contributed by atoms with Gasteiger partial charge in [-0.2, -0.15) is 12.6 Å². The van der Waals surface area contributed by atoms with Crippen LogP contribution in [-0.2, 0) is 25.6 Å². The quantitative estimate of drug-likeness (QED) is 0.108. The Balaban J connectivity index is 2.86. The summed E-state index contributed by atoms with van der Waals surface area (Å²) in [6.45, 7) is 4.08.